The fourth-order valence-corrected chi connectivity index (χ4v) is 2.92. The van der Waals surface area contributed by atoms with Crippen molar-refractivity contribution in [3.8, 4) is 0 Å². The molecule has 0 bridgehead atoms. The van der Waals surface area contributed by atoms with Crippen LogP contribution in [0.3, 0.4) is 0 Å². The molecule has 6 N–H and O–H groups in total. The van der Waals surface area contributed by atoms with E-state index >= 15 is 0 Å². The van der Waals surface area contributed by atoms with Crippen LogP contribution in [-0.2, 0) is 21.5 Å². The van der Waals surface area contributed by atoms with E-state index < -0.39 is 29.4 Å². The molecule has 108 valence electrons. The quantitative estimate of drug-likeness (QED) is 0.613. The van der Waals surface area contributed by atoms with Crippen molar-refractivity contribution in [2.24, 2.45) is 17.4 Å². The molecular weight excluding hydrogens is 260 g/mol. The van der Waals surface area contributed by atoms with Crippen molar-refractivity contribution in [3.05, 3.63) is 35.4 Å². The predicted molar refractivity (Wildman–Crippen MR) is 72.0 cm³/mol. The van der Waals surface area contributed by atoms with Gasteiger partial charge in [-0.05, 0) is 30.4 Å². The summed E-state index contributed by atoms with van der Waals surface area (Å²) < 4.78 is 0. The number of carboxylic acid groups (broad SMARTS) is 2. The largest absolute Gasteiger partial charge is 0.481 e. The zero-order chi connectivity index (χ0) is 14.9. The minimum atomic E-state index is -1.23. The highest BCUT2D eigenvalue weighted by atomic mass is 16.4. The average molecular weight is 278 g/mol. The number of carboxylic acids is 2. The molecule has 1 aromatic rings. The zero-order valence-electron chi connectivity index (χ0n) is 11.0. The first-order valence-corrected chi connectivity index (χ1v) is 6.44. The zero-order valence-corrected chi connectivity index (χ0v) is 11.0. The van der Waals surface area contributed by atoms with E-state index in [1.165, 1.54) is 0 Å². The van der Waals surface area contributed by atoms with E-state index in [2.05, 4.69) is 0 Å². The molecule has 2 rings (SSSR count). The molecule has 0 aliphatic heterocycles. The molecule has 0 amide bonds. The summed E-state index contributed by atoms with van der Waals surface area (Å²) in [6.07, 6.45) is 0.990. The van der Waals surface area contributed by atoms with Gasteiger partial charge in [-0.3, -0.25) is 9.59 Å². The third-order valence-electron chi connectivity index (χ3n) is 4.05. The Morgan fingerprint density at radius 3 is 2.50 bits per heavy atom. The Bertz CT molecular complexity index is 546. The van der Waals surface area contributed by atoms with Crippen LogP contribution < -0.4 is 11.5 Å². The van der Waals surface area contributed by atoms with Crippen LogP contribution in [-0.4, -0.2) is 28.2 Å². The van der Waals surface area contributed by atoms with Gasteiger partial charge in [-0.1, -0.05) is 24.3 Å². The Balaban J connectivity index is 2.35. The summed E-state index contributed by atoms with van der Waals surface area (Å²) in [6.45, 7) is 0. The molecule has 20 heavy (non-hydrogen) atoms. The lowest BCUT2D eigenvalue weighted by molar-refractivity contribution is -0.146. The van der Waals surface area contributed by atoms with E-state index in [0.717, 1.165) is 11.1 Å². The van der Waals surface area contributed by atoms with Crippen molar-refractivity contribution in [2.45, 2.75) is 30.8 Å². The second-order valence-electron chi connectivity index (χ2n) is 5.27. The molecule has 3 atom stereocenters. The Kier molecular flexibility index (Phi) is 3.78. The normalized spacial score (nSPS) is 23.9. The SMILES string of the molecule is N[C@@H](CC(C(=O)O)C1(N)CCc2ccccc21)C(=O)O. The van der Waals surface area contributed by atoms with Gasteiger partial charge in [0.2, 0.25) is 0 Å². The van der Waals surface area contributed by atoms with Crippen LogP contribution in [0, 0.1) is 5.92 Å². The van der Waals surface area contributed by atoms with Gasteiger partial charge in [0.05, 0.1) is 11.5 Å². The van der Waals surface area contributed by atoms with Crippen LogP contribution in [0.5, 0.6) is 0 Å². The van der Waals surface area contributed by atoms with Crippen molar-refractivity contribution in [1.29, 1.82) is 0 Å². The standard InChI is InChI=1S/C14H18N2O4/c15-11(13(19)20)7-10(12(17)18)14(16)6-5-8-3-1-2-4-9(8)14/h1-4,10-11H,5-7,15-16H2,(H,17,18)(H,19,20)/t10?,11-,14?/m0/s1. The van der Waals surface area contributed by atoms with Crippen molar-refractivity contribution in [1.82, 2.24) is 0 Å². The molecule has 0 saturated carbocycles. The Morgan fingerprint density at radius 1 is 1.25 bits per heavy atom. The number of fused-ring (bicyclic) bond motifs is 1. The summed E-state index contributed by atoms with van der Waals surface area (Å²) in [4.78, 5) is 22.4. The lowest BCUT2D eigenvalue weighted by Gasteiger charge is -2.33. The predicted octanol–water partition coefficient (Wildman–Crippen LogP) is 0.290. The second kappa shape index (κ2) is 5.22. The van der Waals surface area contributed by atoms with E-state index in [1.54, 1.807) is 0 Å². The maximum absolute atomic E-state index is 11.5. The van der Waals surface area contributed by atoms with Gasteiger partial charge in [0.1, 0.15) is 6.04 Å². The number of aryl methyl sites for hydroxylation is 1. The number of benzene rings is 1. The summed E-state index contributed by atoms with van der Waals surface area (Å²) in [5.74, 6) is -3.34. The molecule has 6 nitrogen and oxygen atoms in total. The van der Waals surface area contributed by atoms with Crippen LogP contribution in [0.2, 0.25) is 0 Å². The molecule has 1 aromatic carbocycles. The fourth-order valence-electron chi connectivity index (χ4n) is 2.92. The van der Waals surface area contributed by atoms with E-state index in [0.29, 0.717) is 12.8 Å². The number of nitrogens with two attached hydrogens (primary N) is 2. The van der Waals surface area contributed by atoms with E-state index in [-0.39, 0.29) is 6.42 Å². The van der Waals surface area contributed by atoms with Crippen LogP contribution in [0.15, 0.2) is 24.3 Å². The summed E-state index contributed by atoms with van der Waals surface area (Å²) in [5, 5.41) is 18.3. The molecule has 0 aromatic heterocycles. The number of hydrogen-bond donors (Lipinski definition) is 4. The number of hydrogen-bond acceptors (Lipinski definition) is 4. The van der Waals surface area contributed by atoms with Crippen molar-refractivity contribution in [2.75, 3.05) is 0 Å². The molecule has 2 unspecified atom stereocenters. The summed E-state index contributed by atoms with van der Waals surface area (Å²) >= 11 is 0. The molecule has 1 aliphatic carbocycles. The van der Waals surface area contributed by atoms with E-state index in [4.69, 9.17) is 16.6 Å². The van der Waals surface area contributed by atoms with Gasteiger partial charge in [0, 0.05) is 0 Å². The minimum Gasteiger partial charge on any atom is -0.481 e. The first-order valence-electron chi connectivity index (χ1n) is 6.44. The van der Waals surface area contributed by atoms with Gasteiger partial charge in [-0.2, -0.15) is 0 Å². The molecule has 0 radical (unpaired) electrons. The van der Waals surface area contributed by atoms with E-state index in [9.17, 15) is 14.7 Å². The first kappa shape index (κ1) is 14.5. The van der Waals surface area contributed by atoms with Crippen LogP contribution in [0.4, 0.5) is 0 Å². The summed E-state index contributed by atoms with van der Waals surface area (Å²) in [6, 6.07) is 6.18. The third kappa shape index (κ3) is 2.39. The van der Waals surface area contributed by atoms with Crippen LogP contribution in [0.1, 0.15) is 24.0 Å². The van der Waals surface area contributed by atoms with Crippen molar-refractivity contribution in [3.63, 3.8) is 0 Å². The van der Waals surface area contributed by atoms with Crippen LogP contribution in [0.25, 0.3) is 0 Å². The molecule has 0 heterocycles. The molecular formula is C14H18N2O4. The number of aliphatic carboxylic acids is 2. The van der Waals surface area contributed by atoms with Crippen LogP contribution >= 0.6 is 0 Å². The lowest BCUT2D eigenvalue weighted by atomic mass is 9.76. The van der Waals surface area contributed by atoms with Gasteiger partial charge < -0.3 is 21.7 Å². The molecule has 1 aliphatic rings. The van der Waals surface area contributed by atoms with Gasteiger partial charge in [0.15, 0.2) is 0 Å². The minimum absolute atomic E-state index is 0.185. The molecule has 0 spiro atoms. The second-order valence-corrected chi connectivity index (χ2v) is 5.27. The van der Waals surface area contributed by atoms with Crippen molar-refractivity contribution >= 4 is 11.9 Å². The highest BCUT2D eigenvalue weighted by Gasteiger charge is 2.46. The van der Waals surface area contributed by atoms with E-state index in [1.807, 2.05) is 24.3 Å². The Morgan fingerprint density at radius 2 is 1.90 bits per heavy atom. The molecule has 6 heteroatoms. The Hall–Kier alpha value is -1.92. The number of carbonyl (C=O) groups is 2. The highest BCUT2D eigenvalue weighted by molar-refractivity contribution is 5.77. The fraction of sp³-hybridized carbons (Fsp3) is 0.429. The first-order chi connectivity index (χ1) is 9.36. The maximum atomic E-state index is 11.5. The molecule has 0 saturated heterocycles. The Labute approximate surface area is 116 Å². The monoisotopic (exact) mass is 278 g/mol. The van der Waals surface area contributed by atoms with Gasteiger partial charge >= 0.3 is 11.9 Å². The maximum Gasteiger partial charge on any atom is 0.320 e. The summed E-state index contributed by atoms with van der Waals surface area (Å²) in [7, 11) is 0. The van der Waals surface area contributed by atoms with Crippen molar-refractivity contribution < 1.29 is 19.8 Å². The average Bonchev–Trinajstić information content (AvgIpc) is 2.74. The van der Waals surface area contributed by atoms with Gasteiger partial charge in [-0.25, -0.2) is 0 Å². The van der Waals surface area contributed by atoms with Gasteiger partial charge in [0.25, 0.3) is 0 Å². The van der Waals surface area contributed by atoms with Gasteiger partial charge in [-0.15, -0.1) is 0 Å². The smallest absolute Gasteiger partial charge is 0.320 e. The highest BCUT2D eigenvalue weighted by Crippen LogP contribution is 2.41. The number of rotatable bonds is 5. The topological polar surface area (TPSA) is 127 Å². The third-order valence-corrected chi connectivity index (χ3v) is 4.05. The summed E-state index contributed by atoms with van der Waals surface area (Å²) in [5.41, 5.74) is 12.6. The lowest BCUT2D eigenvalue weighted by Crippen LogP contribution is -2.49. The molecule has 0 fully saturated rings.